The summed E-state index contributed by atoms with van der Waals surface area (Å²) in [7, 11) is -3.99. The molecule has 0 amide bonds. The molecule has 2 N–H and O–H groups in total. The maximum absolute atomic E-state index is 12.5. The zero-order chi connectivity index (χ0) is 25.4. The van der Waals surface area contributed by atoms with E-state index in [9.17, 15) is 18.8 Å². The Hall–Kier alpha value is -2.70. The number of sulfonamides is 1. The van der Waals surface area contributed by atoms with Gasteiger partial charge < -0.3 is 10.0 Å². The van der Waals surface area contributed by atoms with Gasteiger partial charge in [0, 0.05) is 35.1 Å². The molecule has 0 radical (unpaired) electrons. The number of aliphatic hydroxyl groups is 1. The molecule has 0 saturated carbocycles. The Morgan fingerprint density at radius 2 is 1.77 bits per heavy atom. The summed E-state index contributed by atoms with van der Waals surface area (Å²) in [6, 6.07) is 18.4. The first-order valence-corrected chi connectivity index (χ1v) is 14.3. The smallest absolute Gasteiger partial charge is 0.250 e. The number of nitrogens with zero attached hydrogens (tertiary/aromatic N) is 2. The van der Waals surface area contributed by atoms with Gasteiger partial charge in [-0.3, -0.25) is 0 Å². The van der Waals surface area contributed by atoms with Crippen molar-refractivity contribution in [2.45, 2.75) is 46.1 Å². The first-order chi connectivity index (χ1) is 16.8. The van der Waals surface area contributed by atoms with E-state index in [1.807, 2.05) is 12.1 Å². The van der Waals surface area contributed by atoms with Gasteiger partial charge in [0.25, 0.3) is 10.0 Å². The number of hydrogen-bond donors (Lipinski definition) is 2. The van der Waals surface area contributed by atoms with Gasteiger partial charge in [0.2, 0.25) is 0 Å². The lowest BCUT2D eigenvalue weighted by molar-refractivity contribution is 0.174. The van der Waals surface area contributed by atoms with Crippen LogP contribution in [-0.2, 0) is 10.0 Å². The number of nitrogens with one attached hydrogen (secondary N) is 1. The third-order valence-corrected chi connectivity index (χ3v) is 8.16. The van der Waals surface area contributed by atoms with E-state index in [-0.39, 0.29) is 11.4 Å². The van der Waals surface area contributed by atoms with Crippen molar-refractivity contribution in [3.8, 4) is 16.5 Å². The number of rotatable bonds is 12. The quantitative estimate of drug-likeness (QED) is 0.302. The number of benzene rings is 2. The van der Waals surface area contributed by atoms with E-state index in [1.54, 1.807) is 13.0 Å². The lowest BCUT2D eigenvalue weighted by Gasteiger charge is -2.24. The molecular formula is C27H33N3O3S2. The summed E-state index contributed by atoms with van der Waals surface area (Å²) in [5.41, 5.74) is 2.28. The summed E-state index contributed by atoms with van der Waals surface area (Å²) < 4.78 is 27.2. The van der Waals surface area contributed by atoms with E-state index in [0.29, 0.717) is 11.3 Å². The zero-order valence-corrected chi connectivity index (χ0v) is 22.1. The molecule has 1 aromatic heterocycles. The van der Waals surface area contributed by atoms with Crippen molar-refractivity contribution in [3.63, 3.8) is 0 Å². The third kappa shape index (κ3) is 6.92. The summed E-state index contributed by atoms with van der Waals surface area (Å²) in [6.45, 7) is 8.11. The lowest BCUT2D eigenvalue weighted by Crippen LogP contribution is -2.32. The molecule has 0 aliphatic heterocycles. The van der Waals surface area contributed by atoms with E-state index >= 15 is 0 Å². The molecule has 186 valence electrons. The van der Waals surface area contributed by atoms with Crippen LogP contribution in [0, 0.1) is 11.3 Å². The molecule has 0 aliphatic carbocycles. The van der Waals surface area contributed by atoms with Crippen LogP contribution in [0.4, 0.5) is 5.69 Å². The number of allylic oxidation sites excluding steroid dienone is 1. The van der Waals surface area contributed by atoms with Gasteiger partial charge in [0.05, 0.1) is 6.10 Å². The van der Waals surface area contributed by atoms with Crippen molar-refractivity contribution in [2.24, 2.45) is 0 Å². The normalized spacial score (nSPS) is 13.1. The van der Waals surface area contributed by atoms with Crippen LogP contribution in [0.5, 0.6) is 0 Å². The van der Waals surface area contributed by atoms with Crippen LogP contribution < -0.4 is 9.62 Å². The zero-order valence-electron chi connectivity index (χ0n) is 20.5. The van der Waals surface area contributed by atoms with E-state index in [2.05, 4.69) is 59.9 Å². The molecule has 1 heterocycles. The minimum absolute atomic E-state index is 0.124. The van der Waals surface area contributed by atoms with E-state index in [1.165, 1.54) is 28.5 Å². The highest BCUT2D eigenvalue weighted by atomic mass is 32.2. The van der Waals surface area contributed by atoms with Crippen LogP contribution >= 0.6 is 11.3 Å². The second kappa shape index (κ2) is 12.3. The van der Waals surface area contributed by atoms with Crippen molar-refractivity contribution >= 4 is 43.9 Å². The van der Waals surface area contributed by atoms with Crippen LogP contribution in [0.2, 0.25) is 0 Å². The predicted molar refractivity (Wildman–Crippen MR) is 147 cm³/mol. The number of fused-ring (bicyclic) bond motifs is 1. The fourth-order valence-electron chi connectivity index (χ4n) is 3.81. The van der Waals surface area contributed by atoms with Crippen molar-refractivity contribution in [1.82, 2.24) is 4.72 Å². The Labute approximate surface area is 212 Å². The average Bonchev–Trinajstić information content (AvgIpc) is 3.33. The highest BCUT2D eigenvalue weighted by Crippen LogP contribution is 2.33. The first kappa shape index (κ1) is 26.9. The fraction of sp³-hybridized carbons (Fsp3) is 0.370. The highest BCUT2D eigenvalue weighted by molar-refractivity contribution is 7.93. The van der Waals surface area contributed by atoms with E-state index in [4.69, 9.17) is 0 Å². The van der Waals surface area contributed by atoms with Crippen molar-refractivity contribution in [3.05, 3.63) is 58.3 Å². The molecule has 3 rings (SSSR count). The second-order valence-electron chi connectivity index (χ2n) is 8.47. The van der Waals surface area contributed by atoms with Crippen molar-refractivity contribution < 1.29 is 13.5 Å². The third-order valence-electron chi connectivity index (χ3n) is 5.74. The molecule has 0 fully saturated rings. The van der Waals surface area contributed by atoms with Crippen LogP contribution in [0.25, 0.3) is 27.3 Å². The standard InChI is InChI=1S/C27H33N3O3S2/c1-4-13-30(14-5-2)23-10-9-20-15-22(8-7-21(20)16-23)27-12-11-25(34-27)17-26(18-28)35(32,33)29-19-24(31)6-3/h7-12,15-17,24,29,31H,4-6,13-14,19H2,1-3H3/b26-17+. The van der Waals surface area contributed by atoms with Crippen LogP contribution in [0.1, 0.15) is 44.9 Å². The minimum atomic E-state index is -3.99. The van der Waals surface area contributed by atoms with Gasteiger partial charge in [-0.05, 0) is 72.0 Å². The van der Waals surface area contributed by atoms with E-state index in [0.717, 1.165) is 41.8 Å². The summed E-state index contributed by atoms with van der Waals surface area (Å²) in [5.74, 6) is 0. The number of anilines is 1. The molecule has 0 aliphatic rings. The molecule has 0 bridgehead atoms. The van der Waals surface area contributed by atoms with Gasteiger partial charge >= 0.3 is 0 Å². The molecule has 3 aromatic rings. The van der Waals surface area contributed by atoms with E-state index < -0.39 is 16.1 Å². The van der Waals surface area contributed by atoms with Gasteiger partial charge in [-0.2, -0.15) is 5.26 Å². The van der Waals surface area contributed by atoms with Gasteiger partial charge in [-0.1, -0.05) is 39.0 Å². The predicted octanol–water partition coefficient (Wildman–Crippen LogP) is 5.75. The SMILES string of the molecule is CCCN(CCC)c1ccc2cc(-c3ccc(/C=C(\C#N)S(=O)(=O)NCC(O)CC)s3)ccc2c1. The van der Waals surface area contributed by atoms with Crippen molar-refractivity contribution in [2.75, 3.05) is 24.5 Å². The molecule has 0 saturated heterocycles. The number of aliphatic hydroxyl groups excluding tert-OH is 1. The number of nitriles is 1. The summed E-state index contributed by atoms with van der Waals surface area (Å²) in [6.07, 6.45) is 3.22. The first-order valence-electron chi connectivity index (χ1n) is 12.0. The van der Waals surface area contributed by atoms with Gasteiger partial charge in [0.1, 0.15) is 6.07 Å². The molecule has 2 aromatic carbocycles. The molecular weight excluding hydrogens is 478 g/mol. The fourth-order valence-corrected chi connectivity index (χ4v) is 5.80. The maximum atomic E-state index is 12.5. The monoisotopic (exact) mass is 511 g/mol. The Morgan fingerprint density at radius 1 is 1.09 bits per heavy atom. The molecule has 35 heavy (non-hydrogen) atoms. The van der Waals surface area contributed by atoms with Crippen LogP contribution in [0.15, 0.2) is 53.4 Å². The Kier molecular flexibility index (Phi) is 9.47. The molecule has 1 unspecified atom stereocenters. The van der Waals surface area contributed by atoms with Gasteiger partial charge in [0.15, 0.2) is 4.91 Å². The molecule has 6 nitrogen and oxygen atoms in total. The van der Waals surface area contributed by atoms with Gasteiger partial charge in [-0.15, -0.1) is 11.3 Å². The maximum Gasteiger partial charge on any atom is 0.250 e. The minimum Gasteiger partial charge on any atom is -0.392 e. The summed E-state index contributed by atoms with van der Waals surface area (Å²) in [4.78, 5) is 3.71. The molecule has 1 atom stereocenters. The van der Waals surface area contributed by atoms with Gasteiger partial charge in [-0.25, -0.2) is 13.1 Å². The number of hydrogen-bond acceptors (Lipinski definition) is 6. The molecule has 8 heteroatoms. The molecule has 0 spiro atoms. The summed E-state index contributed by atoms with van der Waals surface area (Å²) >= 11 is 1.43. The Balaban J connectivity index is 1.84. The summed E-state index contributed by atoms with van der Waals surface area (Å²) in [5, 5.41) is 21.4. The van der Waals surface area contributed by atoms with Crippen molar-refractivity contribution in [1.29, 1.82) is 5.26 Å². The Bertz CT molecular complexity index is 1320. The largest absolute Gasteiger partial charge is 0.392 e. The average molecular weight is 512 g/mol. The lowest BCUT2D eigenvalue weighted by atomic mass is 10.0. The van der Waals surface area contributed by atoms with Crippen LogP contribution in [0.3, 0.4) is 0 Å². The number of thiophene rings is 1. The van der Waals surface area contributed by atoms with Crippen LogP contribution in [-0.4, -0.2) is 39.3 Å². The highest BCUT2D eigenvalue weighted by Gasteiger charge is 2.19. The Morgan fingerprint density at radius 3 is 2.43 bits per heavy atom. The second-order valence-corrected chi connectivity index (χ2v) is 11.3. The topological polar surface area (TPSA) is 93.4 Å².